The second kappa shape index (κ2) is 7.41. The molecule has 2 amide bonds. The molecular formula is C18H20N2O2. The second-order valence-electron chi connectivity index (χ2n) is 5.28. The lowest BCUT2D eigenvalue weighted by Gasteiger charge is -2.14. The van der Waals surface area contributed by atoms with E-state index >= 15 is 0 Å². The zero-order valence-electron chi connectivity index (χ0n) is 12.9. The Kier molecular flexibility index (Phi) is 5.31. The Morgan fingerprint density at radius 1 is 0.955 bits per heavy atom. The van der Waals surface area contributed by atoms with E-state index in [-0.39, 0.29) is 11.8 Å². The van der Waals surface area contributed by atoms with E-state index in [0.717, 1.165) is 5.56 Å². The van der Waals surface area contributed by atoms with Gasteiger partial charge in [-0.25, -0.2) is 0 Å². The third-order valence-electron chi connectivity index (χ3n) is 3.32. The summed E-state index contributed by atoms with van der Waals surface area (Å²) in [6, 6.07) is 16.9. The number of carbonyl (C=O) groups excluding carboxylic acids is 2. The largest absolute Gasteiger partial charge is 0.345 e. The SMILES string of the molecule is CN(C)C(=O)c1ccccc1NC(=O)CCc1ccccc1. The van der Waals surface area contributed by atoms with Crippen molar-refractivity contribution in [2.75, 3.05) is 19.4 Å². The van der Waals surface area contributed by atoms with Crippen LogP contribution in [0, 0.1) is 0 Å². The minimum atomic E-state index is -0.126. The Bertz CT molecular complexity index is 651. The zero-order valence-corrected chi connectivity index (χ0v) is 12.9. The number of hydrogen-bond donors (Lipinski definition) is 1. The lowest BCUT2D eigenvalue weighted by molar-refractivity contribution is -0.116. The molecule has 22 heavy (non-hydrogen) atoms. The number of benzene rings is 2. The van der Waals surface area contributed by atoms with E-state index in [1.165, 1.54) is 4.90 Å². The highest BCUT2D eigenvalue weighted by atomic mass is 16.2. The molecule has 4 heteroatoms. The molecule has 2 rings (SSSR count). The van der Waals surface area contributed by atoms with Crippen molar-refractivity contribution in [3.63, 3.8) is 0 Å². The third-order valence-corrected chi connectivity index (χ3v) is 3.32. The number of carbonyl (C=O) groups is 2. The first-order valence-corrected chi connectivity index (χ1v) is 7.22. The minimum absolute atomic E-state index is 0.0946. The molecule has 0 atom stereocenters. The number of hydrogen-bond acceptors (Lipinski definition) is 2. The molecule has 114 valence electrons. The quantitative estimate of drug-likeness (QED) is 0.922. The van der Waals surface area contributed by atoms with Gasteiger partial charge < -0.3 is 10.2 Å². The maximum atomic E-state index is 12.1. The topological polar surface area (TPSA) is 49.4 Å². The lowest BCUT2D eigenvalue weighted by Crippen LogP contribution is -2.24. The normalized spacial score (nSPS) is 10.1. The number of rotatable bonds is 5. The van der Waals surface area contributed by atoms with Crippen LogP contribution in [0.5, 0.6) is 0 Å². The maximum Gasteiger partial charge on any atom is 0.255 e. The van der Waals surface area contributed by atoms with E-state index in [0.29, 0.717) is 24.1 Å². The van der Waals surface area contributed by atoms with Crippen LogP contribution in [0.1, 0.15) is 22.3 Å². The fraction of sp³-hybridized carbons (Fsp3) is 0.222. The summed E-state index contributed by atoms with van der Waals surface area (Å²) in [5.41, 5.74) is 2.18. The van der Waals surface area contributed by atoms with E-state index in [1.807, 2.05) is 30.3 Å². The highest BCUT2D eigenvalue weighted by molar-refractivity contribution is 6.03. The van der Waals surface area contributed by atoms with Crippen LogP contribution in [0.15, 0.2) is 54.6 Å². The summed E-state index contributed by atoms with van der Waals surface area (Å²) in [6.45, 7) is 0. The van der Waals surface area contributed by atoms with Gasteiger partial charge in [0, 0.05) is 20.5 Å². The highest BCUT2D eigenvalue weighted by Gasteiger charge is 2.14. The summed E-state index contributed by atoms with van der Waals surface area (Å²) < 4.78 is 0. The third kappa shape index (κ3) is 4.19. The predicted molar refractivity (Wildman–Crippen MR) is 87.9 cm³/mol. The molecule has 0 aliphatic carbocycles. The molecule has 0 heterocycles. The monoisotopic (exact) mass is 296 g/mol. The summed E-state index contributed by atoms with van der Waals surface area (Å²) in [5.74, 6) is -0.221. The highest BCUT2D eigenvalue weighted by Crippen LogP contribution is 2.17. The average Bonchev–Trinajstić information content (AvgIpc) is 2.53. The van der Waals surface area contributed by atoms with Crippen LogP contribution in [0.2, 0.25) is 0 Å². The van der Waals surface area contributed by atoms with Crippen LogP contribution in [0.3, 0.4) is 0 Å². The van der Waals surface area contributed by atoms with Crippen LogP contribution in [0.4, 0.5) is 5.69 Å². The number of amides is 2. The first-order valence-electron chi connectivity index (χ1n) is 7.22. The van der Waals surface area contributed by atoms with Crippen LogP contribution in [0.25, 0.3) is 0 Å². The van der Waals surface area contributed by atoms with Crippen molar-refractivity contribution in [1.29, 1.82) is 0 Å². The number of nitrogens with one attached hydrogen (secondary N) is 1. The maximum absolute atomic E-state index is 12.1. The number of anilines is 1. The standard InChI is InChI=1S/C18H20N2O2/c1-20(2)18(22)15-10-6-7-11-16(15)19-17(21)13-12-14-8-4-3-5-9-14/h3-11H,12-13H2,1-2H3,(H,19,21). The minimum Gasteiger partial charge on any atom is -0.345 e. The Hall–Kier alpha value is -2.62. The fourth-order valence-corrected chi connectivity index (χ4v) is 2.13. The molecule has 2 aromatic rings. The van der Waals surface area contributed by atoms with Crippen molar-refractivity contribution >= 4 is 17.5 Å². The van der Waals surface area contributed by atoms with Gasteiger partial charge in [0.05, 0.1) is 11.3 Å². The molecular weight excluding hydrogens is 276 g/mol. The smallest absolute Gasteiger partial charge is 0.255 e. The van der Waals surface area contributed by atoms with Gasteiger partial charge in [0.1, 0.15) is 0 Å². The average molecular weight is 296 g/mol. The Morgan fingerprint density at radius 2 is 1.59 bits per heavy atom. The van der Waals surface area contributed by atoms with Crippen molar-refractivity contribution < 1.29 is 9.59 Å². The van der Waals surface area contributed by atoms with Gasteiger partial charge in [-0.05, 0) is 24.1 Å². The molecule has 0 unspecified atom stereocenters. The van der Waals surface area contributed by atoms with Gasteiger partial charge in [0.25, 0.3) is 5.91 Å². The molecule has 0 fully saturated rings. The summed E-state index contributed by atoms with van der Waals surface area (Å²) in [4.78, 5) is 25.7. The molecule has 0 saturated carbocycles. The van der Waals surface area contributed by atoms with Gasteiger partial charge in [0.2, 0.25) is 5.91 Å². The summed E-state index contributed by atoms with van der Waals surface area (Å²) in [5, 5.41) is 2.83. The van der Waals surface area contributed by atoms with Crippen LogP contribution < -0.4 is 5.32 Å². The molecule has 1 N–H and O–H groups in total. The van der Waals surface area contributed by atoms with E-state index in [1.54, 1.807) is 38.4 Å². The van der Waals surface area contributed by atoms with Gasteiger partial charge >= 0.3 is 0 Å². The molecule has 0 aliphatic rings. The Morgan fingerprint density at radius 3 is 2.27 bits per heavy atom. The van der Waals surface area contributed by atoms with E-state index < -0.39 is 0 Å². The molecule has 0 aliphatic heterocycles. The summed E-state index contributed by atoms with van der Waals surface area (Å²) in [6.07, 6.45) is 1.06. The molecule has 0 spiro atoms. The van der Waals surface area contributed by atoms with Gasteiger partial charge in [-0.1, -0.05) is 42.5 Å². The first kappa shape index (κ1) is 15.8. The number of para-hydroxylation sites is 1. The number of aryl methyl sites for hydroxylation is 1. The molecule has 4 nitrogen and oxygen atoms in total. The molecule has 2 aromatic carbocycles. The fourth-order valence-electron chi connectivity index (χ4n) is 2.13. The van der Waals surface area contributed by atoms with Crippen molar-refractivity contribution in [2.45, 2.75) is 12.8 Å². The van der Waals surface area contributed by atoms with Crippen molar-refractivity contribution in [3.05, 3.63) is 65.7 Å². The van der Waals surface area contributed by atoms with Gasteiger partial charge in [-0.15, -0.1) is 0 Å². The Labute approximate surface area is 130 Å². The molecule has 0 bridgehead atoms. The van der Waals surface area contributed by atoms with Crippen molar-refractivity contribution in [2.24, 2.45) is 0 Å². The van der Waals surface area contributed by atoms with Crippen molar-refractivity contribution in [3.8, 4) is 0 Å². The van der Waals surface area contributed by atoms with E-state index in [2.05, 4.69) is 5.32 Å². The number of nitrogens with zero attached hydrogens (tertiary/aromatic N) is 1. The lowest BCUT2D eigenvalue weighted by atomic mass is 10.1. The van der Waals surface area contributed by atoms with Gasteiger partial charge in [-0.2, -0.15) is 0 Å². The van der Waals surface area contributed by atoms with Crippen LogP contribution in [-0.4, -0.2) is 30.8 Å². The van der Waals surface area contributed by atoms with E-state index in [9.17, 15) is 9.59 Å². The first-order chi connectivity index (χ1) is 10.6. The Balaban J connectivity index is 2.01. The van der Waals surface area contributed by atoms with E-state index in [4.69, 9.17) is 0 Å². The zero-order chi connectivity index (χ0) is 15.9. The summed E-state index contributed by atoms with van der Waals surface area (Å²) in [7, 11) is 3.38. The van der Waals surface area contributed by atoms with Gasteiger partial charge in [0.15, 0.2) is 0 Å². The molecule has 0 saturated heterocycles. The van der Waals surface area contributed by atoms with Gasteiger partial charge in [-0.3, -0.25) is 9.59 Å². The summed E-state index contributed by atoms with van der Waals surface area (Å²) >= 11 is 0. The molecule has 0 radical (unpaired) electrons. The molecule has 0 aromatic heterocycles. The van der Waals surface area contributed by atoms with Crippen molar-refractivity contribution in [1.82, 2.24) is 4.90 Å². The van der Waals surface area contributed by atoms with Crippen LogP contribution in [-0.2, 0) is 11.2 Å². The predicted octanol–water partition coefficient (Wildman–Crippen LogP) is 2.96. The second-order valence-corrected chi connectivity index (χ2v) is 5.28. The van der Waals surface area contributed by atoms with Crippen LogP contribution >= 0.6 is 0 Å².